The predicted octanol–water partition coefficient (Wildman–Crippen LogP) is 2.09. The van der Waals surface area contributed by atoms with E-state index in [1.54, 1.807) is 13.8 Å². The number of hydrogen-bond donors (Lipinski definition) is 2. The maximum absolute atomic E-state index is 11.8. The van der Waals surface area contributed by atoms with Gasteiger partial charge in [-0.25, -0.2) is 0 Å². The van der Waals surface area contributed by atoms with Crippen LogP contribution in [0.5, 0.6) is 0 Å². The van der Waals surface area contributed by atoms with Crippen molar-refractivity contribution in [3.63, 3.8) is 0 Å². The van der Waals surface area contributed by atoms with Gasteiger partial charge in [0, 0.05) is 18.1 Å². The molecule has 0 aromatic heterocycles. The van der Waals surface area contributed by atoms with Gasteiger partial charge in [0.25, 0.3) is 0 Å². The van der Waals surface area contributed by atoms with Gasteiger partial charge < -0.3 is 10.4 Å². The van der Waals surface area contributed by atoms with Gasteiger partial charge in [0.15, 0.2) is 0 Å². The zero-order chi connectivity index (χ0) is 15.9. The molecule has 0 aliphatic rings. The maximum atomic E-state index is 11.8. The number of hydrogen-bond acceptors (Lipinski definition) is 3. The number of nitrogens with one attached hydrogen (secondary N) is 1. The monoisotopic (exact) mass is 312 g/mol. The molecule has 0 unspecified atom stereocenters. The number of likely N-dealkylation sites (N-methyl/N-ethyl adjacent to an activating group) is 1. The molecule has 4 nitrogen and oxygen atoms in total. The topological polar surface area (TPSA) is 52.6 Å². The van der Waals surface area contributed by atoms with Crippen LogP contribution in [0.4, 0.5) is 0 Å². The van der Waals surface area contributed by atoms with Gasteiger partial charge in [0.2, 0.25) is 5.91 Å². The first-order valence-electron chi connectivity index (χ1n) is 7.18. The first kappa shape index (κ1) is 18.0. The van der Waals surface area contributed by atoms with Crippen LogP contribution in [0.3, 0.4) is 0 Å². The van der Waals surface area contributed by atoms with Crippen molar-refractivity contribution in [3.05, 3.63) is 34.9 Å². The highest BCUT2D eigenvalue weighted by molar-refractivity contribution is 6.30. The number of benzene rings is 1. The second-order valence-corrected chi connectivity index (χ2v) is 6.47. The third-order valence-electron chi connectivity index (χ3n) is 3.14. The van der Waals surface area contributed by atoms with Crippen LogP contribution in [0.25, 0.3) is 0 Å². The van der Waals surface area contributed by atoms with Gasteiger partial charge in [-0.15, -0.1) is 0 Å². The summed E-state index contributed by atoms with van der Waals surface area (Å²) in [4.78, 5) is 13.7. The average Bonchev–Trinajstić information content (AvgIpc) is 2.35. The van der Waals surface area contributed by atoms with E-state index >= 15 is 0 Å². The standard InChI is InChI=1S/C16H25ClN2O2/c1-16(2,21)8-10-19(3)12-15(20)18-9-7-13-5-4-6-14(17)11-13/h4-6,11,21H,7-10,12H2,1-3H3,(H,18,20). The smallest absolute Gasteiger partial charge is 0.234 e. The molecule has 1 amide bonds. The van der Waals surface area contributed by atoms with Crippen molar-refractivity contribution >= 4 is 17.5 Å². The Morgan fingerprint density at radius 3 is 2.76 bits per heavy atom. The molecule has 1 aromatic rings. The molecular formula is C16H25ClN2O2. The van der Waals surface area contributed by atoms with Crippen LogP contribution < -0.4 is 5.32 Å². The molecule has 118 valence electrons. The summed E-state index contributed by atoms with van der Waals surface area (Å²) in [5, 5.41) is 13.3. The van der Waals surface area contributed by atoms with Crippen molar-refractivity contribution < 1.29 is 9.90 Å². The molecule has 0 saturated heterocycles. The molecule has 0 saturated carbocycles. The summed E-state index contributed by atoms with van der Waals surface area (Å²) >= 11 is 5.91. The number of carbonyl (C=O) groups is 1. The molecule has 2 N–H and O–H groups in total. The minimum Gasteiger partial charge on any atom is -0.390 e. The first-order valence-corrected chi connectivity index (χ1v) is 7.56. The van der Waals surface area contributed by atoms with E-state index in [1.165, 1.54) is 0 Å². The highest BCUT2D eigenvalue weighted by Gasteiger charge is 2.14. The van der Waals surface area contributed by atoms with Crippen molar-refractivity contribution in [1.29, 1.82) is 0 Å². The Balaban J connectivity index is 2.22. The first-order chi connectivity index (χ1) is 9.76. The minimum atomic E-state index is -0.697. The second-order valence-electron chi connectivity index (χ2n) is 6.03. The highest BCUT2D eigenvalue weighted by atomic mass is 35.5. The lowest BCUT2D eigenvalue weighted by Gasteiger charge is -2.22. The van der Waals surface area contributed by atoms with Crippen molar-refractivity contribution in [1.82, 2.24) is 10.2 Å². The molecule has 0 fully saturated rings. The molecule has 0 atom stereocenters. The lowest BCUT2D eigenvalue weighted by Crippen LogP contribution is -2.38. The Morgan fingerprint density at radius 2 is 2.14 bits per heavy atom. The Morgan fingerprint density at radius 1 is 1.43 bits per heavy atom. The van der Waals surface area contributed by atoms with Gasteiger partial charge in [-0.1, -0.05) is 23.7 Å². The third kappa shape index (κ3) is 8.71. The zero-order valence-corrected chi connectivity index (χ0v) is 13.8. The van der Waals surface area contributed by atoms with E-state index in [4.69, 9.17) is 11.6 Å². The van der Waals surface area contributed by atoms with Crippen molar-refractivity contribution in [2.24, 2.45) is 0 Å². The second kappa shape index (κ2) is 8.37. The fourth-order valence-electron chi connectivity index (χ4n) is 1.88. The summed E-state index contributed by atoms with van der Waals surface area (Å²) in [6.07, 6.45) is 1.40. The number of aliphatic hydroxyl groups is 1. The summed E-state index contributed by atoms with van der Waals surface area (Å²) in [6.45, 7) is 5.16. The predicted molar refractivity (Wildman–Crippen MR) is 86.6 cm³/mol. The highest BCUT2D eigenvalue weighted by Crippen LogP contribution is 2.10. The van der Waals surface area contributed by atoms with Crippen LogP contribution in [-0.2, 0) is 11.2 Å². The molecule has 5 heteroatoms. The SMILES string of the molecule is CN(CCC(C)(C)O)CC(=O)NCCc1cccc(Cl)c1. The van der Waals surface area contributed by atoms with Crippen molar-refractivity contribution in [2.45, 2.75) is 32.3 Å². The number of carbonyl (C=O) groups excluding carboxylic acids is 1. The number of halogens is 1. The van der Waals surface area contributed by atoms with Crippen LogP contribution in [0.1, 0.15) is 25.8 Å². The number of nitrogens with zero attached hydrogens (tertiary/aromatic N) is 1. The number of rotatable bonds is 8. The minimum absolute atomic E-state index is 0.00438. The Labute approximate surface area is 132 Å². The Hall–Kier alpha value is -1.10. The molecule has 1 rings (SSSR count). The van der Waals surface area contributed by atoms with Crippen LogP contribution in [0, 0.1) is 0 Å². The van der Waals surface area contributed by atoms with Crippen molar-refractivity contribution in [2.75, 3.05) is 26.7 Å². The summed E-state index contributed by atoms with van der Waals surface area (Å²) in [7, 11) is 1.88. The largest absolute Gasteiger partial charge is 0.390 e. The average molecular weight is 313 g/mol. The molecule has 21 heavy (non-hydrogen) atoms. The van der Waals surface area contributed by atoms with Crippen LogP contribution in [-0.4, -0.2) is 48.2 Å². The van der Waals surface area contributed by atoms with Crippen LogP contribution in [0.2, 0.25) is 5.02 Å². The van der Waals surface area contributed by atoms with Crippen molar-refractivity contribution in [3.8, 4) is 0 Å². The number of amides is 1. The lowest BCUT2D eigenvalue weighted by molar-refractivity contribution is -0.122. The van der Waals surface area contributed by atoms with Gasteiger partial charge in [-0.05, 0) is 51.4 Å². The molecule has 0 aliphatic heterocycles. The van der Waals surface area contributed by atoms with Gasteiger partial charge >= 0.3 is 0 Å². The Bertz CT molecular complexity index is 458. The fraction of sp³-hybridized carbons (Fsp3) is 0.562. The van der Waals surface area contributed by atoms with Gasteiger partial charge in [-0.2, -0.15) is 0 Å². The molecule has 0 aliphatic carbocycles. The maximum Gasteiger partial charge on any atom is 0.234 e. The molecule has 0 heterocycles. The molecule has 0 spiro atoms. The van der Waals surface area contributed by atoms with E-state index in [0.717, 1.165) is 12.0 Å². The van der Waals surface area contributed by atoms with E-state index in [9.17, 15) is 9.90 Å². The third-order valence-corrected chi connectivity index (χ3v) is 3.38. The van der Waals surface area contributed by atoms with E-state index < -0.39 is 5.60 Å². The molecule has 0 radical (unpaired) electrons. The van der Waals surface area contributed by atoms with Crippen LogP contribution in [0.15, 0.2) is 24.3 Å². The van der Waals surface area contributed by atoms with Gasteiger partial charge in [0.1, 0.15) is 0 Å². The lowest BCUT2D eigenvalue weighted by atomic mass is 10.1. The molecule has 1 aromatic carbocycles. The van der Waals surface area contributed by atoms with E-state index in [1.807, 2.05) is 36.2 Å². The van der Waals surface area contributed by atoms with Gasteiger partial charge in [0.05, 0.1) is 12.1 Å². The summed E-state index contributed by atoms with van der Waals surface area (Å²) in [5.74, 6) is -0.00438. The Kier molecular flexibility index (Phi) is 7.15. The van der Waals surface area contributed by atoms with E-state index in [-0.39, 0.29) is 5.91 Å². The van der Waals surface area contributed by atoms with Crippen LogP contribution >= 0.6 is 11.6 Å². The summed E-state index contributed by atoms with van der Waals surface area (Å²) in [6, 6.07) is 7.64. The van der Waals surface area contributed by atoms with E-state index in [2.05, 4.69) is 5.32 Å². The quantitative estimate of drug-likeness (QED) is 0.773. The summed E-state index contributed by atoms with van der Waals surface area (Å²) < 4.78 is 0. The zero-order valence-electron chi connectivity index (χ0n) is 13.0. The summed E-state index contributed by atoms with van der Waals surface area (Å²) in [5.41, 5.74) is 0.412. The normalized spacial score (nSPS) is 11.7. The fourth-order valence-corrected chi connectivity index (χ4v) is 2.10. The van der Waals surface area contributed by atoms with Gasteiger partial charge in [-0.3, -0.25) is 9.69 Å². The molecular weight excluding hydrogens is 288 g/mol. The molecule has 0 bridgehead atoms. The van der Waals surface area contributed by atoms with E-state index in [0.29, 0.717) is 31.1 Å².